The minimum Gasteiger partial charge on any atom is -0.497 e. The lowest BCUT2D eigenvalue weighted by Crippen LogP contribution is -2.28. The van der Waals surface area contributed by atoms with E-state index in [1.165, 1.54) is 23.7 Å². The summed E-state index contributed by atoms with van der Waals surface area (Å²) in [7, 11) is -0.860. The Bertz CT molecular complexity index is 1140. The van der Waals surface area contributed by atoms with Crippen LogP contribution in [0.2, 0.25) is 5.02 Å². The lowest BCUT2D eigenvalue weighted by Gasteiger charge is -2.10. The summed E-state index contributed by atoms with van der Waals surface area (Å²) in [5, 5.41) is -0.0138. The molecule has 1 N–H and O–H groups in total. The van der Waals surface area contributed by atoms with E-state index in [0.29, 0.717) is 17.0 Å². The number of nitrogens with zero attached hydrogens (tertiary/aromatic N) is 1. The van der Waals surface area contributed by atoms with E-state index in [1.54, 1.807) is 31.4 Å². The van der Waals surface area contributed by atoms with Crippen LogP contribution in [0.5, 0.6) is 11.5 Å². The molecule has 0 radical (unpaired) electrons. The van der Waals surface area contributed by atoms with Crippen LogP contribution in [0.25, 0.3) is 11.1 Å². The molecule has 0 aliphatic heterocycles. The van der Waals surface area contributed by atoms with Gasteiger partial charge in [-0.05, 0) is 18.2 Å². The predicted octanol–water partition coefficient (Wildman–Crippen LogP) is 2.15. The molecule has 0 atom stereocenters. The lowest BCUT2D eigenvalue weighted by molar-refractivity contribution is 0.320. The lowest BCUT2D eigenvalue weighted by atomic mass is 10.3. The van der Waals surface area contributed by atoms with Crippen molar-refractivity contribution in [1.82, 2.24) is 9.29 Å². The third-order valence-electron chi connectivity index (χ3n) is 3.84. The molecule has 3 rings (SSSR count). The molecule has 1 aromatic heterocycles. The van der Waals surface area contributed by atoms with E-state index < -0.39 is 15.8 Å². The largest absolute Gasteiger partial charge is 0.497 e. The fourth-order valence-electron chi connectivity index (χ4n) is 2.45. The van der Waals surface area contributed by atoms with Crippen LogP contribution in [0.1, 0.15) is 0 Å². The molecule has 0 bridgehead atoms. The van der Waals surface area contributed by atoms with Gasteiger partial charge < -0.3 is 13.9 Å². The molecule has 27 heavy (non-hydrogen) atoms. The Labute approximate surface area is 160 Å². The minimum absolute atomic E-state index is 0.0138. The van der Waals surface area contributed by atoms with Crippen LogP contribution in [0, 0.1) is 0 Å². The first-order chi connectivity index (χ1) is 12.8. The van der Waals surface area contributed by atoms with Crippen LogP contribution < -0.4 is 20.0 Å². The van der Waals surface area contributed by atoms with Crippen LogP contribution in [-0.2, 0) is 17.1 Å². The van der Waals surface area contributed by atoms with E-state index in [0.717, 1.165) is 0 Å². The van der Waals surface area contributed by atoms with Gasteiger partial charge in [0.15, 0.2) is 5.58 Å². The summed E-state index contributed by atoms with van der Waals surface area (Å²) >= 11 is 6.09. The maximum Gasteiger partial charge on any atom is 0.419 e. The highest BCUT2D eigenvalue weighted by atomic mass is 35.5. The maximum atomic E-state index is 12.5. The van der Waals surface area contributed by atoms with Crippen LogP contribution in [0.3, 0.4) is 0 Å². The van der Waals surface area contributed by atoms with Crippen LogP contribution in [-0.4, -0.2) is 33.2 Å². The Morgan fingerprint density at radius 2 is 1.96 bits per heavy atom. The van der Waals surface area contributed by atoms with Gasteiger partial charge in [0.1, 0.15) is 23.0 Å². The summed E-state index contributed by atoms with van der Waals surface area (Å²) in [6.45, 7) is 0.124. The first-order valence-corrected chi connectivity index (χ1v) is 9.73. The van der Waals surface area contributed by atoms with Gasteiger partial charge in [-0.2, -0.15) is 0 Å². The van der Waals surface area contributed by atoms with E-state index >= 15 is 0 Å². The first kappa shape index (κ1) is 19.3. The normalized spacial score (nSPS) is 11.7. The van der Waals surface area contributed by atoms with Crippen molar-refractivity contribution in [2.45, 2.75) is 4.90 Å². The molecule has 0 saturated heterocycles. The van der Waals surface area contributed by atoms with Crippen molar-refractivity contribution in [2.75, 3.05) is 20.3 Å². The molecule has 0 spiro atoms. The van der Waals surface area contributed by atoms with E-state index in [9.17, 15) is 13.2 Å². The molecule has 10 heteroatoms. The molecular formula is C17H17ClN2O6S. The number of rotatable bonds is 7. The quantitative estimate of drug-likeness (QED) is 0.597. The van der Waals surface area contributed by atoms with Crippen LogP contribution >= 0.6 is 11.6 Å². The van der Waals surface area contributed by atoms with Crippen molar-refractivity contribution < 1.29 is 22.3 Å². The van der Waals surface area contributed by atoms with Gasteiger partial charge in [-0.25, -0.2) is 17.9 Å². The summed E-state index contributed by atoms with van der Waals surface area (Å²) in [6, 6.07) is 9.57. The van der Waals surface area contributed by atoms with Gasteiger partial charge in [-0.15, -0.1) is 0 Å². The van der Waals surface area contributed by atoms with Crippen molar-refractivity contribution >= 4 is 32.7 Å². The van der Waals surface area contributed by atoms with E-state index in [4.69, 9.17) is 25.5 Å². The number of aromatic nitrogens is 1. The highest BCUT2D eigenvalue weighted by molar-refractivity contribution is 7.89. The predicted molar refractivity (Wildman–Crippen MR) is 100 cm³/mol. The summed E-state index contributed by atoms with van der Waals surface area (Å²) in [5.74, 6) is 0.590. The third kappa shape index (κ3) is 4.10. The zero-order chi connectivity index (χ0) is 19.6. The number of aryl methyl sites for hydroxylation is 1. The standard InChI is InChI=1S/C17H17ClN2O6S/c1-20-14-9-13(18)16(10-15(14)26-17(20)21)27(22,23)19-6-7-25-12-5-3-4-11(8-12)24-2/h3-5,8-10,19H,6-7H2,1-2H3. The van der Waals surface area contributed by atoms with Crippen molar-refractivity contribution in [2.24, 2.45) is 7.05 Å². The number of benzene rings is 2. The summed E-state index contributed by atoms with van der Waals surface area (Å²) in [5.41, 5.74) is 0.546. The van der Waals surface area contributed by atoms with E-state index in [1.807, 2.05) is 0 Å². The second-order valence-corrected chi connectivity index (χ2v) is 7.75. The van der Waals surface area contributed by atoms with Gasteiger partial charge in [-0.1, -0.05) is 17.7 Å². The molecule has 144 valence electrons. The zero-order valence-electron chi connectivity index (χ0n) is 14.6. The van der Waals surface area contributed by atoms with Crippen molar-refractivity contribution in [3.8, 4) is 11.5 Å². The number of methoxy groups -OCH3 is 1. The molecule has 8 nitrogen and oxygen atoms in total. The fraction of sp³-hybridized carbons (Fsp3) is 0.235. The van der Waals surface area contributed by atoms with Crippen LogP contribution in [0.4, 0.5) is 0 Å². The summed E-state index contributed by atoms with van der Waals surface area (Å²) in [6.07, 6.45) is 0. The SMILES string of the molecule is COc1cccc(OCCNS(=O)(=O)c2cc3oc(=O)n(C)c3cc2Cl)c1. The molecule has 0 amide bonds. The van der Waals surface area contributed by atoms with Gasteiger partial charge in [-0.3, -0.25) is 4.57 Å². The van der Waals surface area contributed by atoms with Gasteiger partial charge in [0.2, 0.25) is 10.0 Å². The minimum atomic E-state index is -3.91. The van der Waals surface area contributed by atoms with Crippen molar-refractivity contribution in [1.29, 1.82) is 0 Å². The molecule has 0 fully saturated rings. The number of hydrogen-bond acceptors (Lipinski definition) is 6. The Kier molecular flexibility index (Phi) is 5.45. The van der Waals surface area contributed by atoms with E-state index in [-0.39, 0.29) is 28.7 Å². The van der Waals surface area contributed by atoms with Gasteiger partial charge in [0.25, 0.3) is 0 Å². The average Bonchev–Trinajstić information content (AvgIpc) is 2.92. The number of oxazole rings is 1. The molecule has 2 aromatic carbocycles. The highest BCUT2D eigenvalue weighted by Gasteiger charge is 2.21. The Morgan fingerprint density at radius 3 is 2.70 bits per heavy atom. The smallest absolute Gasteiger partial charge is 0.419 e. The zero-order valence-corrected chi connectivity index (χ0v) is 16.1. The molecule has 1 heterocycles. The molecule has 3 aromatic rings. The Balaban J connectivity index is 1.70. The Morgan fingerprint density at radius 1 is 1.22 bits per heavy atom. The second kappa shape index (κ2) is 7.63. The van der Waals surface area contributed by atoms with Crippen molar-refractivity contribution in [3.63, 3.8) is 0 Å². The maximum absolute atomic E-state index is 12.5. The highest BCUT2D eigenvalue weighted by Crippen LogP contribution is 2.27. The average molecular weight is 413 g/mol. The third-order valence-corrected chi connectivity index (χ3v) is 5.77. The summed E-state index contributed by atoms with van der Waals surface area (Å²) in [4.78, 5) is 11.4. The number of nitrogens with one attached hydrogen (secondary N) is 1. The number of hydrogen-bond donors (Lipinski definition) is 1. The molecule has 0 unspecified atom stereocenters. The number of ether oxygens (including phenoxy) is 2. The van der Waals surface area contributed by atoms with Gasteiger partial charge >= 0.3 is 5.76 Å². The van der Waals surface area contributed by atoms with Crippen molar-refractivity contribution in [3.05, 3.63) is 52.0 Å². The topological polar surface area (TPSA) is 99.8 Å². The number of fused-ring (bicyclic) bond motifs is 1. The molecule has 0 saturated carbocycles. The first-order valence-electron chi connectivity index (χ1n) is 7.87. The number of halogens is 1. The van der Waals surface area contributed by atoms with Gasteiger partial charge in [0, 0.05) is 25.7 Å². The van der Waals surface area contributed by atoms with E-state index in [2.05, 4.69) is 4.72 Å². The summed E-state index contributed by atoms with van der Waals surface area (Å²) < 4.78 is 44.3. The Hall–Kier alpha value is -2.49. The molecular weight excluding hydrogens is 396 g/mol. The van der Waals surface area contributed by atoms with Crippen LogP contribution in [0.15, 0.2) is 50.5 Å². The fourth-order valence-corrected chi connectivity index (χ4v) is 4.00. The van der Waals surface area contributed by atoms with Gasteiger partial charge in [0.05, 0.1) is 17.6 Å². The number of sulfonamides is 1. The molecule has 0 aliphatic rings. The second-order valence-electron chi connectivity index (χ2n) is 5.60. The monoisotopic (exact) mass is 412 g/mol. The molecule has 0 aliphatic carbocycles.